The molecular weight excluding hydrogens is 374 g/mol. The van der Waals surface area contributed by atoms with Gasteiger partial charge >= 0.3 is 0 Å². The summed E-state index contributed by atoms with van der Waals surface area (Å²) in [6.45, 7) is 5.13. The standard InChI is InChI=1S/C20H27N5O2S/c26-19(18-7-5-13-28-18)16-6-4-10-24(14-16)20(27)17-15-25(22-21-17)12-11-23-8-2-1-3-9-23/h5,7,13,15-16H,1-4,6,8-12,14H2. The van der Waals surface area contributed by atoms with Gasteiger partial charge in [0.25, 0.3) is 5.91 Å². The number of rotatable bonds is 6. The van der Waals surface area contributed by atoms with E-state index < -0.39 is 0 Å². The maximum Gasteiger partial charge on any atom is 0.276 e. The van der Waals surface area contributed by atoms with Gasteiger partial charge in [-0.1, -0.05) is 17.7 Å². The molecule has 150 valence electrons. The molecule has 8 heteroatoms. The van der Waals surface area contributed by atoms with Crippen molar-refractivity contribution in [3.63, 3.8) is 0 Å². The van der Waals surface area contributed by atoms with Gasteiger partial charge in [-0.25, -0.2) is 0 Å². The summed E-state index contributed by atoms with van der Waals surface area (Å²) in [6.07, 6.45) is 7.28. The normalized spacial score (nSPS) is 21.0. The van der Waals surface area contributed by atoms with Crippen LogP contribution in [0.4, 0.5) is 0 Å². The number of aromatic nitrogens is 3. The molecule has 2 aliphatic heterocycles. The molecule has 0 spiro atoms. The van der Waals surface area contributed by atoms with Gasteiger partial charge in [0.05, 0.1) is 17.6 Å². The summed E-state index contributed by atoms with van der Waals surface area (Å²) in [5.41, 5.74) is 0.378. The smallest absolute Gasteiger partial charge is 0.276 e. The Kier molecular flexibility index (Phi) is 6.17. The van der Waals surface area contributed by atoms with E-state index in [1.54, 1.807) is 15.8 Å². The molecule has 0 N–H and O–H groups in total. The Bertz CT molecular complexity index is 797. The lowest BCUT2D eigenvalue weighted by atomic mass is 9.93. The number of thiophene rings is 1. The second-order valence-corrected chi connectivity index (χ2v) is 8.65. The van der Waals surface area contributed by atoms with Crippen molar-refractivity contribution in [1.29, 1.82) is 0 Å². The first-order valence-corrected chi connectivity index (χ1v) is 11.1. The van der Waals surface area contributed by atoms with Crippen LogP contribution in [0.25, 0.3) is 0 Å². The summed E-state index contributed by atoms with van der Waals surface area (Å²) in [6, 6.07) is 3.76. The Morgan fingerprint density at radius 3 is 2.75 bits per heavy atom. The van der Waals surface area contributed by atoms with E-state index in [1.807, 2.05) is 17.5 Å². The van der Waals surface area contributed by atoms with Crippen LogP contribution < -0.4 is 0 Å². The first kappa shape index (κ1) is 19.3. The van der Waals surface area contributed by atoms with Crippen LogP contribution in [0, 0.1) is 5.92 Å². The second-order valence-electron chi connectivity index (χ2n) is 7.70. The van der Waals surface area contributed by atoms with Crippen molar-refractivity contribution in [2.45, 2.75) is 38.6 Å². The Hall–Kier alpha value is -2.06. The van der Waals surface area contributed by atoms with E-state index in [-0.39, 0.29) is 17.6 Å². The van der Waals surface area contributed by atoms with E-state index >= 15 is 0 Å². The van der Waals surface area contributed by atoms with E-state index in [2.05, 4.69) is 15.2 Å². The summed E-state index contributed by atoms with van der Waals surface area (Å²) < 4.78 is 1.76. The van der Waals surface area contributed by atoms with Crippen LogP contribution in [0.2, 0.25) is 0 Å². The largest absolute Gasteiger partial charge is 0.336 e. The van der Waals surface area contributed by atoms with Crippen LogP contribution in [-0.2, 0) is 6.54 Å². The van der Waals surface area contributed by atoms with Crippen LogP contribution in [0.5, 0.6) is 0 Å². The number of carbonyl (C=O) groups excluding carboxylic acids is 2. The molecule has 4 heterocycles. The number of hydrogen-bond donors (Lipinski definition) is 0. The van der Waals surface area contributed by atoms with E-state index in [0.29, 0.717) is 18.8 Å². The number of amides is 1. The molecule has 28 heavy (non-hydrogen) atoms. The van der Waals surface area contributed by atoms with Gasteiger partial charge in [-0.3, -0.25) is 14.3 Å². The third kappa shape index (κ3) is 4.50. The Balaban J connectivity index is 1.33. The average Bonchev–Trinajstić information content (AvgIpc) is 3.44. The summed E-state index contributed by atoms with van der Waals surface area (Å²) in [5, 5.41) is 10.2. The van der Waals surface area contributed by atoms with Crippen molar-refractivity contribution < 1.29 is 9.59 Å². The molecule has 2 fully saturated rings. The quantitative estimate of drug-likeness (QED) is 0.696. The number of carbonyl (C=O) groups is 2. The van der Waals surface area contributed by atoms with Crippen molar-refractivity contribution in [2.75, 3.05) is 32.7 Å². The molecule has 1 unspecified atom stereocenters. The van der Waals surface area contributed by atoms with Gasteiger partial charge in [0.1, 0.15) is 0 Å². The lowest BCUT2D eigenvalue weighted by molar-refractivity contribution is 0.0633. The van der Waals surface area contributed by atoms with Gasteiger partial charge in [-0.05, 0) is 50.2 Å². The molecule has 4 rings (SSSR count). The Morgan fingerprint density at radius 2 is 1.96 bits per heavy atom. The lowest BCUT2D eigenvalue weighted by Crippen LogP contribution is -2.42. The topological polar surface area (TPSA) is 71.3 Å². The van der Waals surface area contributed by atoms with Crippen molar-refractivity contribution in [1.82, 2.24) is 24.8 Å². The molecule has 0 aliphatic carbocycles. The minimum atomic E-state index is -0.120. The van der Waals surface area contributed by atoms with Gasteiger partial charge in [0.15, 0.2) is 11.5 Å². The molecule has 2 aromatic heterocycles. The molecule has 1 amide bonds. The molecule has 2 aromatic rings. The molecule has 0 saturated carbocycles. The van der Waals surface area contributed by atoms with Crippen LogP contribution in [0.1, 0.15) is 52.3 Å². The van der Waals surface area contributed by atoms with Crippen molar-refractivity contribution >= 4 is 23.0 Å². The predicted molar refractivity (Wildman–Crippen MR) is 108 cm³/mol. The van der Waals surface area contributed by atoms with Gasteiger partial charge < -0.3 is 9.80 Å². The fourth-order valence-corrected chi connectivity index (χ4v) is 4.83. The minimum absolute atomic E-state index is 0.118. The number of piperidine rings is 2. The highest BCUT2D eigenvalue weighted by atomic mass is 32.1. The van der Waals surface area contributed by atoms with E-state index in [0.717, 1.165) is 43.9 Å². The number of likely N-dealkylation sites (tertiary alicyclic amines) is 2. The predicted octanol–water partition coefficient (Wildman–Crippen LogP) is 2.56. The zero-order chi connectivity index (χ0) is 19.3. The molecule has 0 bridgehead atoms. The fraction of sp³-hybridized carbons (Fsp3) is 0.600. The van der Waals surface area contributed by atoms with Crippen LogP contribution in [0.15, 0.2) is 23.7 Å². The minimum Gasteiger partial charge on any atom is -0.336 e. The van der Waals surface area contributed by atoms with Gasteiger partial charge in [-0.2, -0.15) is 0 Å². The maximum absolute atomic E-state index is 12.9. The zero-order valence-corrected chi connectivity index (χ0v) is 16.9. The molecule has 1 atom stereocenters. The molecule has 7 nitrogen and oxygen atoms in total. The van der Waals surface area contributed by atoms with Gasteiger partial charge in [-0.15, -0.1) is 16.4 Å². The van der Waals surface area contributed by atoms with Crippen LogP contribution >= 0.6 is 11.3 Å². The average molecular weight is 402 g/mol. The Labute approximate surface area is 169 Å². The van der Waals surface area contributed by atoms with E-state index in [9.17, 15) is 9.59 Å². The number of hydrogen-bond acceptors (Lipinski definition) is 6. The molecule has 0 radical (unpaired) electrons. The monoisotopic (exact) mass is 401 g/mol. The third-order valence-electron chi connectivity index (χ3n) is 5.70. The van der Waals surface area contributed by atoms with Gasteiger partial charge in [0, 0.05) is 25.6 Å². The third-order valence-corrected chi connectivity index (χ3v) is 6.58. The molecule has 2 saturated heterocycles. The summed E-state index contributed by atoms with van der Waals surface area (Å²) in [4.78, 5) is 30.5. The fourth-order valence-electron chi connectivity index (χ4n) is 4.09. The molecular formula is C20H27N5O2S. The number of Topliss-reactive ketones (excluding diaryl/α,β-unsaturated/α-hetero) is 1. The summed E-state index contributed by atoms with van der Waals surface area (Å²) >= 11 is 1.47. The number of nitrogens with zero attached hydrogens (tertiary/aromatic N) is 5. The highest BCUT2D eigenvalue weighted by molar-refractivity contribution is 7.12. The van der Waals surface area contributed by atoms with Crippen molar-refractivity contribution in [2.24, 2.45) is 5.92 Å². The Morgan fingerprint density at radius 1 is 1.11 bits per heavy atom. The van der Waals surface area contributed by atoms with Crippen LogP contribution in [-0.4, -0.2) is 69.2 Å². The van der Waals surface area contributed by atoms with E-state index in [1.165, 1.54) is 30.6 Å². The SMILES string of the molecule is O=C(c1cccs1)C1CCCN(C(=O)c2cn(CCN3CCCCC3)nn2)C1. The molecule has 2 aliphatic rings. The zero-order valence-electron chi connectivity index (χ0n) is 16.1. The summed E-state index contributed by atoms with van der Waals surface area (Å²) in [5.74, 6) is -0.0870. The van der Waals surface area contributed by atoms with E-state index in [4.69, 9.17) is 0 Å². The first-order chi connectivity index (χ1) is 13.7. The van der Waals surface area contributed by atoms with Crippen LogP contribution in [0.3, 0.4) is 0 Å². The highest BCUT2D eigenvalue weighted by Crippen LogP contribution is 2.24. The number of ketones is 1. The second kappa shape index (κ2) is 8.96. The highest BCUT2D eigenvalue weighted by Gasteiger charge is 2.30. The summed E-state index contributed by atoms with van der Waals surface area (Å²) in [7, 11) is 0. The van der Waals surface area contributed by atoms with Crippen molar-refractivity contribution in [3.05, 3.63) is 34.3 Å². The van der Waals surface area contributed by atoms with Crippen molar-refractivity contribution in [3.8, 4) is 0 Å². The lowest BCUT2D eigenvalue weighted by Gasteiger charge is -2.31. The first-order valence-electron chi connectivity index (χ1n) is 10.2. The molecule has 0 aromatic carbocycles. The van der Waals surface area contributed by atoms with Gasteiger partial charge in [0.2, 0.25) is 0 Å². The maximum atomic E-state index is 12.9.